The highest BCUT2D eigenvalue weighted by atomic mass is 16.5. The van der Waals surface area contributed by atoms with Crippen LogP contribution in [0, 0.1) is 0 Å². The Kier molecular flexibility index (Phi) is 3.16. The van der Waals surface area contributed by atoms with Crippen molar-refractivity contribution in [3.8, 4) is 0 Å². The molecule has 3 aliphatic rings. The third-order valence-electron chi connectivity index (χ3n) is 4.36. The van der Waals surface area contributed by atoms with Crippen LogP contribution in [0.3, 0.4) is 0 Å². The van der Waals surface area contributed by atoms with Crippen LogP contribution in [0.4, 0.5) is 0 Å². The Hall–Kier alpha value is -0.160. The Morgan fingerprint density at radius 2 is 1.88 bits per heavy atom. The van der Waals surface area contributed by atoms with Gasteiger partial charge in [-0.05, 0) is 13.3 Å². The highest BCUT2D eigenvalue weighted by molar-refractivity contribution is 4.95. The minimum Gasteiger partial charge on any atom is -0.377 e. The molecule has 0 aromatic heterocycles. The molecule has 0 spiro atoms. The molecule has 16 heavy (non-hydrogen) atoms. The molecule has 0 aromatic carbocycles. The standard InChI is InChI=1S/C12H23N3O/c1-10-12(2-7-16-10)15-8-11(9-15)14-5-3-13-4-6-14/h10-13H,2-9H2,1H3. The van der Waals surface area contributed by atoms with Gasteiger partial charge in [0.05, 0.1) is 6.10 Å². The van der Waals surface area contributed by atoms with Crippen LogP contribution >= 0.6 is 0 Å². The van der Waals surface area contributed by atoms with E-state index in [0.717, 1.165) is 12.6 Å². The summed E-state index contributed by atoms with van der Waals surface area (Å²) in [7, 11) is 0. The van der Waals surface area contributed by atoms with Gasteiger partial charge in [0.1, 0.15) is 0 Å². The molecule has 3 fully saturated rings. The second kappa shape index (κ2) is 4.61. The minimum atomic E-state index is 0.448. The third-order valence-corrected chi connectivity index (χ3v) is 4.36. The molecule has 2 atom stereocenters. The summed E-state index contributed by atoms with van der Waals surface area (Å²) in [5.74, 6) is 0. The summed E-state index contributed by atoms with van der Waals surface area (Å²) in [6, 6.07) is 1.51. The van der Waals surface area contributed by atoms with Crippen LogP contribution in [0.15, 0.2) is 0 Å². The van der Waals surface area contributed by atoms with E-state index in [0.29, 0.717) is 12.1 Å². The summed E-state index contributed by atoms with van der Waals surface area (Å²) >= 11 is 0. The van der Waals surface area contributed by atoms with E-state index in [-0.39, 0.29) is 0 Å². The van der Waals surface area contributed by atoms with Crippen LogP contribution in [0.25, 0.3) is 0 Å². The first-order chi connectivity index (χ1) is 7.84. The normalized spacial score (nSPS) is 38.8. The van der Waals surface area contributed by atoms with E-state index in [4.69, 9.17) is 4.74 Å². The number of piperazine rings is 1. The monoisotopic (exact) mass is 225 g/mol. The summed E-state index contributed by atoms with van der Waals surface area (Å²) in [6.45, 7) is 10.5. The van der Waals surface area contributed by atoms with Crippen molar-refractivity contribution in [2.45, 2.75) is 31.5 Å². The van der Waals surface area contributed by atoms with Crippen LogP contribution < -0.4 is 5.32 Å². The molecule has 0 saturated carbocycles. The summed E-state index contributed by atoms with van der Waals surface area (Å²) in [5.41, 5.74) is 0. The first-order valence-electron chi connectivity index (χ1n) is 6.65. The lowest BCUT2D eigenvalue weighted by atomic mass is 9.99. The van der Waals surface area contributed by atoms with Crippen LogP contribution in [-0.4, -0.2) is 73.9 Å². The topological polar surface area (TPSA) is 27.7 Å². The first-order valence-corrected chi connectivity index (χ1v) is 6.65. The molecule has 0 amide bonds. The van der Waals surface area contributed by atoms with E-state index < -0.39 is 0 Å². The van der Waals surface area contributed by atoms with Crippen molar-refractivity contribution in [2.75, 3.05) is 45.9 Å². The molecule has 4 nitrogen and oxygen atoms in total. The quantitative estimate of drug-likeness (QED) is 0.701. The van der Waals surface area contributed by atoms with Crippen molar-refractivity contribution < 1.29 is 4.74 Å². The summed E-state index contributed by atoms with van der Waals surface area (Å²) in [4.78, 5) is 5.26. The van der Waals surface area contributed by atoms with Crippen LogP contribution in [0.2, 0.25) is 0 Å². The van der Waals surface area contributed by atoms with Crippen molar-refractivity contribution in [3.05, 3.63) is 0 Å². The maximum Gasteiger partial charge on any atom is 0.0703 e. The molecule has 2 unspecified atom stereocenters. The van der Waals surface area contributed by atoms with Gasteiger partial charge in [0.25, 0.3) is 0 Å². The largest absolute Gasteiger partial charge is 0.377 e. The molecule has 1 N–H and O–H groups in total. The van der Waals surface area contributed by atoms with E-state index in [2.05, 4.69) is 22.0 Å². The van der Waals surface area contributed by atoms with Gasteiger partial charge in [-0.1, -0.05) is 0 Å². The molecule has 0 radical (unpaired) electrons. The van der Waals surface area contributed by atoms with Gasteiger partial charge in [-0.15, -0.1) is 0 Å². The second-order valence-corrected chi connectivity index (χ2v) is 5.33. The van der Waals surface area contributed by atoms with E-state index >= 15 is 0 Å². The van der Waals surface area contributed by atoms with Gasteiger partial charge < -0.3 is 10.1 Å². The number of nitrogens with zero attached hydrogens (tertiary/aromatic N) is 2. The first kappa shape index (κ1) is 11.0. The number of hydrogen-bond acceptors (Lipinski definition) is 4. The van der Waals surface area contributed by atoms with Crippen molar-refractivity contribution in [1.29, 1.82) is 0 Å². The molecule has 4 heteroatoms. The Morgan fingerprint density at radius 1 is 1.12 bits per heavy atom. The average molecular weight is 225 g/mol. The molecule has 3 aliphatic heterocycles. The lowest BCUT2D eigenvalue weighted by Gasteiger charge is -2.49. The van der Waals surface area contributed by atoms with Crippen molar-refractivity contribution in [3.63, 3.8) is 0 Å². The van der Waals surface area contributed by atoms with E-state index in [9.17, 15) is 0 Å². The van der Waals surface area contributed by atoms with Gasteiger partial charge in [-0.3, -0.25) is 9.80 Å². The fourth-order valence-corrected chi connectivity index (χ4v) is 3.24. The molecule has 92 valence electrons. The lowest BCUT2D eigenvalue weighted by molar-refractivity contribution is -0.0206. The third kappa shape index (κ3) is 1.99. The zero-order valence-corrected chi connectivity index (χ0v) is 10.2. The Bertz CT molecular complexity index is 236. The molecular formula is C12H23N3O. The van der Waals surface area contributed by atoms with Crippen LogP contribution in [0.5, 0.6) is 0 Å². The van der Waals surface area contributed by atoms with Gasteiger partial charge in [0, 0.05) is 58.0 Å². The maximum absolute atomic E-state index is 5.64. The predicted octanol–water partition coefficient (Wildman–Crippen LogP) is -0.247. The van der Waals surface area contributed by atoms with Gasteiger partial charge in [-0.2, -0.15) is 0 Å². The fourth-order valence-electron chi connectivity index (χ4n) is 3.24. The maximum atomic E-state index is 5.64. The summed E-state index contributed by atoms with van der Waals surface area (Å²) in [5, 5.41) is 3.42. The Balaban J connectivity index is 1.46. The van der Waals surface area contributed by atoms with Crippen LogP contribution in [0.1, 0.15) is 13.3 Å². The molecule has 0 aromatic rings. The Morgan fingerprint density at radius 3 is 2.50 bits per heavy atom. The van der Waals surface area contributed by atoms with Crippen molar-refractivity contribution in [1.82, 2.24) is 15.1 Å². The number of nitrogens with one attached hydrogen (secondary N) is 1. The lowest BCUT2D eigenvalue weighted by Crippen LogP contribution is -2.65. The smallest absolute Gasteiger partial charge is 0.0703 e. The fraction of sp³-hybridized carbons (Fsp3) is 1.00. The molecule has 0 bridgehead atoms. The number of rotatable bonds is 2. The van der Waals surface area contributed by atoms with E-state index in [1.807, 2.05) is 0 Å². The molecular weight excluding hydrogens is 202 g/mol. The molecule has 3 saturated heterocycles. The highest BCUT2D eigenvalue weighted by Gasteiger charge is 2.39. The molecule has 0 aliphatic carbocycles. The second-order valence-electron chi connectivity index (χ2n) is 5.33. The van der Waals surface area contributed by atoms with Gasteiger partial charge in [0.15, 0.2) is 0 Å². The molecule has 3 rings (SSSR count). The zero-order chi connectivity index (χ0) is 11.0. The summed E-state index contributed by atoms with van der Waals surface area (Å²) in [6.07, 6.45) is 1.68. The van der Waals surface area contributed by atoms with Gasteiger partial charge >= 0.3 is 0 Å². The predicted molar refractivity (Wildman–Crippen MR) is 63.6 cm³/mol. The SMILES string of the molecule is CC1OCCC1N1CC(N2CCNCC2)C1. The highest BCUT2D eigenvalue weighted by Crippen LogP contribution is 2.26. The van der Waals surface area contributed by atoms with Crippen molar-refractivity contribution >= 4 is 0 Å². The van der Waals surface area contributed by atoms with E-state index in [1.54, 1.807) is 0 Å². The Labute approximate surface area is 97.9 Å². The average Bonchev–Trinajstić information content (AvgIpc) is 2.65. The van der Waals surface area contributed by atoms with Crippen LogP contribution in [-0.2, 0) is 4.74 Å². The minimum absolute atomic E-state index is 0.448. The van der Waals surface area contributed by atoms with Crippen molar-refractivity contribution in [2.24, 2.45) is 0 Å². The molecule has 3 heterocycles. The zero-order valence-electron chi connectivity index (χ0n) is 10.2. The summed E-state index contributed by atoms with van der Waals surface area (Å²) < 4.78 is 5.64. The van der Waals surface area contributed by atoms with E-state index in [1.165, 1.54) is 45.7 Å². The van der Waals surface area contributed by atoms with Gasteiger partial charge in [-0.25, -0.2) is 0 Å². The number of hydrogen-bond donors (Lipinski definition) is 1. The van der Waals surface area contributed by atoms with Gasteiger partial charge in [0.2, 0.25) is 0 Å². The number of ether oxygens (including phenoxy) is 1. The number of likely N-dealkylation sites (tertiary alicyclic amines) is 1.